The number of halogens is 1. The van der Waals surface area contributed by atoms with Crippen LogP contribution in [-0.4, -0.2) is 35.6 Å². The van der Waals surface area contributed by atoms with Crippen LogP contribution in [0.5, 0.6) is 0 Å². The number of nitrogens with zero attached hydrogens (tertiary/aromatic N) is 1. The molecule has 0 saturated carbocycles. The van der Waals surface area contributed by atoms with Gasteiger partial charge in [0.05, 0.1) is 12.3 Å². The molecule has 0 bridgehead atoms. The Hall–Kier alpha value is -2.32. The lowest BCUT2D eigenvalue weighted by molar-refractivity contribution is -0.124. The number of benzene rings is 1. The second kappa shape index (κ2) is 6.53. The van der Waals surface area contributed by atoms with Gasteiger partial charge in [0.25, 0.3) is 5.91 Å². The van der Waals surface area contributed by atoms with E-state index in [0.717, 1.165) is 5.56 Å². The van der Waals surface area contributed by atoms with E-state index < -0.39 is 17.4 Å². The van der Waals surface area contributed by atoms with Gasteiger partial charge in [-0.15, -0.1) is 11.3 Å². The molecule has 25 heavy (non-hydrogen) atoms. The minimum absolute atomic E-state index is 0.0654. The van der Waals surface area contributed by atoms with Crippen molar-refractivity contribution in [2.45, 2.75) is 25.8 Å². The Morgan fingerprint density at radius 2 is 2.16 bits per heavy atom. The second-order valence-electron chi connectivity index (χ2n) is 6.10. The fourth-order valence-electron chi connectivity index (χ4n) is 2.70. The lowest BCUT2D eigenvalue weighted by Gasteiger charge is -2.24. The highest BCUT2D eigenvalue weighted by Gasteiger charge is 2.42. The Bertz CT molecular complexity index is 844. The monoisotopic (exact) mass is 363 g/mol. The predicted octanol–water partition coefficient (Wildman–Crippen LogP) is 1.94. The number of carbonyl (C=O) groups is 2. The fourth-order valence-corrected chi connectivity index (χ4v) is 3.66. The number of primary amides is 1. The van der Waals surface area contributed by atoms with Crippen molar-refractivity contribution in [3.05, 3.63) is 40.2 Å². The molecule has 1 aromatic heterocycles. The third-order valence-corrected chi connectivity index (χ3v) is 5.46. The summed E-state index contributed by atoms with van der Waals surface area (Å²) in [5.74, 6) is -1.32. The standard InChI is InChI=1S/C17H18FN3O3S/c1-9-7-11(3-4-12(9)18)15-20-10(2)13(25-15)14(22)21-17(16(19)23)5-6-24-8-17/h3-4,7H,5-6,8H2,1-2H3,(H2,19,23)(H,21,22). The topological polar surface area (TPSA) is 94.3 Å². The lowest BCUT2D eigenvalue weighted by Crippen LogP contribution is -2.58. The maximum Gasteiger partial charge on any atom is 0.264 e. The summed E-state index contributed by atoms with van der Waals surface area (Å²) in [5.41, 5.74) is 6.04. The maximum atomic E-state index is 13.4. The van der Waals surface area contributed by atoms with Crippen LogP contribution in [0.1, 0.15) is 27.3 Å². The number of aryl methyl sites for hydroxylation is 2. The Kier molecular flexibility index (Phi) is 4.57. The number of nitrogens with two attached hydrogens (primary N) is 1. The largest absolute Gasteiger partial charge is 0.378 e. The van der Waals surface area contributed by atoms with E-state index in [1.165, 1.54) is 17.4 Å². The first kappa shape index (κ1) is 17.5. The van der Waals surface area contributed by atoms with E-state index in [2.05, 4.69) is 10.3 Å². The zero-order valence-electron chi connectivity index (χ0n) is 13.9. The van der Waals surface area contributed by atoms with Gasteiger partial charge in [0, 0.05) is 18.6 Å². The van der Waals surface area contributed by atoms with E-state index in [9.17, 15) is 14.0 Å². The smallest absolute Gasteiger partial charge is 0.264 e. The van der Waals surface area contributed by atoms with Gasteiger partial charge in [0.15, 0.2) is 0 Å². The molecule has 3 N–H and O–H groups in total. The number of hydrogen-bond acceptors (Lipinski definition) is 5. The predicted molar refractivity (Wildman–Crippen MR) is 91.8 cm³/mol. The van der Waals surface area contributed by atoms with Crippen molar-refractivity contribution in [1.82, 2.24) is 10.3 Å². The zero-order valence-corrected chi connectivity index (χ0v) is 14.7. The molecule has 0 radical (unpaired) electrons. The van der Waals surface area contributed by atoms with Crippen LogP contribution in [0.3, 0.4) is 0 Å². The molecule has 1 fully saturated rings. The molecule has 0 spiro atoms. The van der Waals surface area contributed by atoms with Crippen LogP contribution < -0.4 is 11.1 Å². The number of hydrogen-bond donors (Lipinski definition) is 2. The summed E-state index contributed by atoms with van der Waals surface area (Å²) >= 11 is 1.19. The molecule has 8 heteroatoms. The van der Waals surface area contributed by atoms with Gasteiger partial charge in [-0.3, -0.25) is 9.59 Å². The van der Waals surface area contributed by atoms with Gasteiger partial charge in [-0.1, -0.05) is 0 Å². The normalized spacial score (nSPS) is 19.8. The summed E-state index contributed by atoms with van der Waals surface area (Å²) in [4.78, 5) is 29.2. The molecule has 1 aromatic carbocycles. The third kappa shape index (κ3) is 3.27. The van der Waals surface area contributed by atoms with Crippen LogP contribution in [0.25, 0.3) is 10.6 Å². The van der Waals surface area contributed by atoms with Crippen LogP contribution >= 0.6 is 11.3 Å². The first-order valence-electron chi connectivity index (χ1n) is 7.76. The van der Waals surface area contributed by atoms with E-state index in [-0.39, 0.29) is 12.4 Å². The number of rotatable bonds is 4. The Morgan fingerprint density at radius 1 is 1.40 bits per heavy atom. The Morgan fingerprint density at radius 3 is 2.76 bits per heavy atom. The van der Waals surface area contributed by atoms with E-state index in [1.807, 2.05) is 0 Å². The molecule has 1 aliphatic heterocycles. The van der Waals surface area contributed by atoms with Crippen LogP contribution in [0, 0.1) is 19.7 Å². The lowest BCUT2D eigenvalue weighted by atomic mass is 9.98. The minimum Gasteiger partial charge on any atom is -0.378 e. The van der Waals surface area contributed by atoms with Crippen LogP contribution in [0.15, 0.2) is 18.2 Å². The van der Waals surface area contributed by atoms with Gasteiger partial charge in [0.1, 0.15) is 21.2 Å². The molecule has 1 atom stereocenters. The van der Waals surface area contributed by atoms with Crippen molar-refractivity contribution < 1.29 is 18.7 Å². The van der Waals surface area contributed by atoms with Gasteiger partial charge >= 0.3 is 0 Å². The molecule has 1 saturated heterocycles. The number of thiazole rings is 1. The summed E-state index contributed by atoms with van der Waals surface area (Å²) in [6, 6.07) is 4.68. The fraction of sp³-hybridized carbons (Fsp3) is 0.353. The number of ether oxygens (including phenoxy) is 1. The molecule has 6 nitrogen and oxygen atoms in total. The van der Waals surface area contributed by atoms with Gasteiger partial charge in [0.2, 0.25) is 5.91 Å². The van der Waals surface area contributed by atoms with Crippen LogP contribution in [-0.2, 0) is 9.53 Å². The summed E-state index contributed by atoms with van der Waals surface area (Å²) in [5, 5.41) is 3.32. The van der Waals surface area contributed by atoms with E-state index in [0.29, 0.717) is 34.2 Å². The van der Waals surface area contributed by atoms with Crippen molar-refractivity contribution in [1.29, 1.82) is 0 Å². The SMILES string of the molecule is Cc1cc(-c2nc(C)c(C(=O)NC3(C(N)=O)CCOC3)s2)ccc1F. The van der Waals surface area contributed by atoms with Crippen molar-refractivity contribution in [3.8, 4) is 10.6 Å². The number of carbonyl (C=O) groups excluding carboxylic acids is 2. The zero-order chi connectivity index (χ0) is 18.2. The highest BCUT2D eigenvalue weighted by Crippen LogP contribution is 2.30. The van der Waals surface area contributed by atoms with Crippen LogP contribution in [0.2, 0.25) is 0 Å². The maximum absolute atomic E-state index is 13.4. The van der Waals surface area contributed by atoms with E-state index >= 15 is 0 Å². The van der Waals surface area contributed by atoms with Crippen LogP contribution in [0.4, 0.5) is 4.39 Å². The van der Waals surface area contributed by atoms with Gasteiger partial charge in [-0.25, -0.2) is 9.37 Å². The van der Waals surface area contributed by atoms with E-state index in [1.54, 1.807) is 26.0 Å². The summed E-state index contributed by atoms with van der Waals surface area (Å²) in [6.45, 7) is 3.82. The third-order valence-electron chi connectivity index (χ3n) is 4.25. The molecule has 1 aliphatic rings. The molecular weight excluding hydrogens is 345 g/mol. The molecule has 2 heterocycles. The van der Waals surface area contributed by atoms with Crippen molar-refractivity contribution in [2.75, 3.05) is 13.2 Å². The molecule has 1 unspecified atom stereocenters. The molecular formula is C17H18FN3O3S. The molecule has 2 amide bonds. The Balaban J connectivity index is 1.88. The molecule has 132 valence electrons. The average Bonchev–Trinajstić information content (AvgIpc) is 3.17. The van der Waals surface area contributed by atoms with Crippen molar-refractivity contribution in [2.24, 2.45) is 5.73 Å². The molecule has 2 aromatic rings. The van der Waals surface area contributed by atoms with Crippen molar-refractivity contribution >= 4 is 23.2 Å². The number of aromatic nitrogens is 1. The van der Waals surface area contributed by atoms with Gasteiger partial charge < -0.3 is 15.8 Å². The average molecular weight is 363 g/mol. The minimum atomic E-state index is -1.18. The summed E-state index contributed by atoms with van der Waals surface area (Å²) < 4.78 is 18.7. The van der Waals surface area contributed by atoms with E-state index in [4.69, 9.17) is 10.5 Å². The first-order valence-corrected chi connectivity index (χ1v) is 8.58. The molecule has 0 aliphatic carbocycles. The molecule has 3 rings (SSSR count). The quantitative estimate of drug-likeness (QED) is 0.868. The Labute approximate surface area is 148 Å². The summed E-state index contributed by atoms with van der Waals surface area (Å²) in [7, 11) is 0. The summed E-state index contributed by atoms with van der Waals surface area (Å²) in [6.07, 6.45) is 0.343. The first-order chi connectivity index (χ1) is 11.8. The number of amides is 2. The van der Waals surface area contributed by atoms with Crippen molar-refractivity contribution in [3.63, 3.8) is 0 Å². The highest BCUT2D eigenvalue weighted by molar-refractivity contribution is 7.17. The number of nitrogens with one attached hydrogen (secondary N) is 1. The second-order valence-corrected chi connectivity index (χ2v) is 7.10. The highest BCUT2D eigenvalue weighted by atomic mass is 32.1. The van der Waals surface area contributed by atoms with Gasteiger partial charge in [-0.2, -0.15) is 0 Å². The van der Waals surface area contributed by atoms with Gasteiger partial charge in [-0.05, 0) is 37.6 Å².